The van der Waals surface area contributed by atoms with E-state index in [1.54, 1.807) is 7.11 Å². The number of nitrogens with two attached hydrogens (primary N) is 1. The second-order valence-electron chi connectivity index (χ2n) is 4.48. The summed E-state index contributed by atoms with van der Waals surface area (Å²) in [4.78, 5) is 0. The lowest BCUT2D eigenvalue weighted by molar-refractivity contribution is 0.415. The van der Waals surface area contributed by atoms with Crippen LogP contribution in [-0.4, -0.2) is 7.11 Å². The number of hydrogen-bond acceptors (Lipinski definition) is 3. The fourth-order valence-corrected chi connectivity index (χ4v) is 1.92. The van der Waals surface area contributed by atoms with Crippen molar-refractivity contribution in [2.75, 3.05) is 18.2 Å². The van der Waals surface area contributed by atoms with Gasteiger partial charge < -0.3 is 15.8 Å². The van der Waals surface area contributed by atoms with Gasteiger partial charge in [-0.25, -0.2) is 0 Å². The number of benzene rings is 2. The zero-order chi connectivity index (χ0) is 13.7. The van der Waals surface area contributed by atoms with Gasteiger partial charge in [0.1, 0.15) is 5.75 Å². The summed E-state index contributed by atoms with van der Waals surface area (Å²) in [6, 6.07) is 14.3. The van der Waals surface area contributed by atoms with Gasteiger partial charge in [0.15, 0.2) is 0 Å². The molecule has 0 bridgehead atoms. The van der Waals surface area contributed by atoms with Crippen molar-refractivity contribution in [3.8, 4) is 5.75 Å². The van der Waals surface area contributed by atoms with Crippen LogP contribution in [0.25, 0.3) is 0 Å². The van der Waals surface area contributed by atoms with Gasteiger partial charge in [0.25, 0.3) is 0 Å². The summed E-state index contributed by atoms with van der Waals surface area (Å²) in [5, 5.41) is 3.34. The predicted octanol–water partition coefficient (Wildman–Crippen LogP) is 3.45. The number of aryl methyl sites for hydroxylation is 1. The Labute approximate surface area is 114 Å². The first kappa shape index (κ1) is 13.3. The minimum atomic E-state index is 0.699. The molecule has 0 aliphatic heterocycles. The summed E-state index contributed by atoms with van der Waals surface area (Å²) < 4.78 is 5.13. The molecule has 3 N–H and O–H groups in total. The van der Waals surface area contributed by atoms with Gasteiger partial charge in [0, 0.05) is 12.6 Å². The zero-order valence-electron chi connectivity index (χ0n) is 11.4. The number of ether oxygens (including phenoxy) is 1. The number of rotatable bonds is 5. The smallest absolute Gasteiger partial charge is 0.121 e. The van der Waals surface area contributed by atoms with Crippen LogP contribution in [0.15, 0.2) is 42.5 Å². The largest absolute Gasteiger partial charge is 0.497 e. The van der Waals surface area contributed by atoms with E-state index in [2.05, 4.69) is 36.5 Å². The third kappa shape index (κ3) is 3.41. The van der Waals surface area contributed by atoms with Gasteiger partial charge in [0.05, 0.1) is 18.5 Å². The van der Waals surface area contributed by atoms with Crippen molar-refractivity contribution in [3.05, 3.63) is 53.6 Å². The molecule has 2 rings (SSSR count). The second kappa shape index (κ2) is 6.14. The van der Waals surface area contributed by atoms with Crippen LogP contribution in [0.1, 0.15) is 18.1 Å². The van der Waals surface area contributed by atoms with Crippen molar-refractivity contribution in [1.82, 2.24) is 0 Å². The molecule has 3 nitrogen and oxygen atoms in total. The van der Waals surface area contributed by atoms with E-state index < -0.39 is 0 Å². The predicted molar refractivity (Wildman–Crippen MR) is 80.6 cm³/mol. The molecular weight excluding hydrogens is 236 g/mol. The summed E-state index contributed by atoms with van der Waals surface area (Å²) in [7, 11) is 1.64. The quantitative estimate of drug-likeness (QED) is 0.805. The van der Waals surface area contributed by atoms with Crippen LogP contribution in [0.5, 0.6) is 5.75 Å². The normalized spacial score (nSPS) is 10.2. The van der Waals surface area contributed by atoms with Crippen molar-refractivity contribution in [2.24, 2.45) is 0 Å². The Kier molecular flexibility index (Phi) is 4.29. The first-order valence-electron chi connectivity index (χ1n) is 6.48. The van der Waals surface area contributed by atoms with Crippen molar-refractivity contribution in [3.63, 3.8) is 0 Å². The van der Waals surface area contributed by atoms with Gasteiger partial charge in [-0.15, -0.1) is 0 Å². The van der Waals surface area contributed by atoms with Crippen LogP contribution in [0.3, 0.4) is 0 Å². The van der Waals surface area contributed by atoms with Crippen LogP contribution in [-0.2, 0) is 13.0 Å². The van der Waals surface area contributed by atoms with Gasteiger partial charge in [0.2, 0.25) is 0 Å². The Morgan fingerprint density at radius 1 is 1.05 bits per heavy atom. The van der Waals surface area contributed by atoms with Crippen LogP contribution >= 0.6 is 0 Å². The number of methoxy groups -OCH3 is 1. The standard InChI is InChI=1S/C16H20N2O/c1-3-12-4-6-13(7-5-12)11-18-16-9-8-14(19-2)10-15(16)17/h4-10,18H,3,11,17H2,1-2H3. The summed E-state index contributed by atoms with van der Waals surface area (Å²) >= 11 is 0. The van der Waals surface area contributed by atoms with Crippen molar-refractivity contribution >= 4 is 11.4 Å². The highest BCUT2D eigenvalue weighted by atomic mass is 16.5. The summed E-state index contributed by atoms with van der Waals surface area (Å²) in [6.45, 7) is 2.92. The molecule has 0 heterocycles. The molecule has 0 aromatic heterocycles. The molecule has 3 heteroatoms. The monoisotopic (exact) mass is 256 g/mol. The van der Waals surface area contributed by atoms with E-state index in [4.69, 9.17) is 10.5 Å². The average Bonchev–Trinajstić information content (AvgIpc) is 2.46. The Morgan fingerprint density at radius 2 is 1.74 bits per heavy atom. The van der Waals surface area contributed by atoms with Gasteiger partial charge in [-0.3, -0.25) is 0 Å². The molecule has 0 atom stereocenters. The van der Waals surface area contributed by atoms with Crippen molar-refractivity contribution in [1.29, 1.82) is 0 Å². The highest BCUT2D eigenvalue weighted by molar-refractivity contribution is 5.68. The van der Waals surface area contributed by atoms with E-state index in [1.165, 1.54) is 11.1 Å². The molecule has 0 saturated heterocycles. The summed E-state index contributed by atoms with van der Waals surface area (Å²) in [6.07, 6.45) is 1.07. The molecular formula is C16H20N2O. The Hall–Kier alpha value is -2.16. The highest BCUT2D eigenvalue weighted by Crippen LogP contribution is 2.24. The minimum absolute atomic E-state index is 0.699. The number of anilines is 2. The maximum atomic E-state index is 5.96. The van der Waals surface area contributed by atoms with Crippen LogP contribution in [0, 0.1) is 0 Å². The maximum Gasteiger partial charge on any atom is 0.121 e. The second-order valence-corrected chi connectivity index (χ2v) is 4.48. The third-order valence-electron chi connectivity index (χ3n) is 3.17. The lowest BCUT2D eigenvalue weighted by Gasteiger charge is -2.11. The minimum Gasteiger partial charge on any atom is -0.497 e. The molecule has 0 aliphatic rings. The fraction of sp³-hybridized carbons (Fsp3) is 0.250. The molecule has 0 spiro atoms. The lowest BCUT2D eigenvalue weighted by Crippen LogP contribution is -2.02. The van der Waals surface area contributed by atoms with Gasteiger partial charge in [-0.1, -0.05) is 31.2 Å². The average molecular weight is 256 g/mol. The molecule has 0 fully saturated rings. The zero-order valence-corrected chi connectivity index (χ0v) is 11.4. The lowest BCUT2D eigenvalue weighted by atomic mass is 10.1. The Bertz CT molecular complexity index is 535. The van der Waals surface area contributed by atoms with E-state index >= 15 is 0 Å². The highest BCUT2D eigenvalue weighted by Gasteiger charge is 2.01. The van der Waals surface area contributed by atoms with Gasteiger partial charge in [-0.2, -0.15) is 0 Å². The summed E-state index contributed by atoms with van der Waals surface area (Å²) in [5.41, 5.74) is 10.2. The van der Waals surface area contributed by atoms with Gasteiger partial charge in [-0.05, 0) is 29.7 Å². The maximum absolute atomic E-state index is 5.96. The molecule has 0 unspecified atom stereocenters. The van der Waals surface area contributed by atoms with E-state index in [9.17, 15) is 0 Å². The fourth-order valence-electron chi connectivity index (χ4n) is 1.92. The molecule has 2 aromatic carbocycles. The number of hydrogen-bond donors (Lipinski definition) is 2. The third-order valence-corrected chi connectivity index (χ3v) is 3.17. The van der Waals surface area contributed by atoms with Crippen LogP contribution in [0.4, 0.5) is 11.4 Å². The molecule has 100 valence electrons. The Balaban J connectivity index is 2.01. The van der Waals surface area contributed by atoms with Crippen LogP contribution < -0.4 is 15.8 Å². The van der Waals surface area contributed by atoms with Crippen molar-refractivity contribution in [2.45, 2.75) is 19.9 Å². The van der Waals surface area contributed by atoms with E-state index in [1.807, 2.05) is 18.2 Å². The first-order valence-corrected chi connectivity index (χ1v) is 6.48. The SMILES string of the molecule is CCc1ccc(CNc2ccc(OC)cc2N)cc1. The molecule has 0 radical (unpaired) electrons. The first-order chi connectivity index (χ1) is 9.22. The van der Waals surface area contributed by atoms with E-state index in [-0.39, 0.29) is 0 Å². The van der Waals surface area contributed by atoms with Crippen molar-refractivity contribution < 1.29 is 4.74 Å². The summed E-state index contributed by atoms with van der Waals surface area (Å²) in [5.74, 6) is 0.773. The van der Waals surface area contributed by atoms with E-state index in [0.717, 1.165) is 24.4 Å². The molecule has 0 aliphatic carbocycles. The molecule has 0 amide bonds. The Morgan fingerprint density at radius 3 is 2.32 bits per heavy atom. The van der Waals surface area contributed by atoms with E-state index in [0.29, 0.717) is 5.69 Å². The molecule has 0 saturated carbocycles. The van der Waals surface area contributed by atoms with Gasteiger partial charge >= 0.3 is 0 Å². The number of nitrogen functional groups attached to an aromatic ring is 1. The molecule has 19 heavy (non-hydrogen) atoms. The number of nitrogens with one attached hydrogen (secondary N) is 1. The topological polar surface area (TPSA) is 47.3 Å². The molecule has 2 aromatic rings. The van der Waals surface area contributed by atoms with Crippen LogP contribution in [0.2, 0.25) is 0 Å².